The highest BCUT2D eigenvalue weighted by molar-refractivity contribution is 5.71. The first kappa shape index (κ1) is 48.9. The van der Waals surface area contributed by atoms with Gasteiger partial charge in [-0.05, 0) is 57.8 Å². The molecule has 0 aromatic rings. The summed E-state index contributed by atoms with van der Waals surface area (Å²) in [5.41, 5.74) is 0. The summed E-state index contributed by atoms with van der Waals surface area (Å²) in [5, 5.41) is 0. The molecule has 298 valence electrons. The van der Waals surface area contributed by atoms with Crippen molar-refractivity contribution in [3.63, 3.8) is 0 Å². The van der Waals surface area contributed by atoms with Crippen molar-refractivity contribution in [1.82, 2.24) is 0 Å². The zero-order valence-corrected chi connectivity index (χ0v) is 33.9. The van der Waals surface area contributed by atoms with Crippen LogP contribution in [0.2, 0.25) is 0 Å². The predicted molar refractivity (Wildman–Crippen MR) is 215 cm³/mol. The van der Waals surface area contributed by atoms with Gasteiger partial charge in [0.2, 0.25) is 0 Å². The third kappa shape index (κ3) is 38.9. The van der Waals surface area contributed by atoms with E-state index in [1.165, 1.54) is 89.9 Å². The highest BCUT2D eigenvalue weighted by Gasteiger charge is 2.19. The molecule has 6 nitrogen and oxygen atoms in total. The Bertz CT molecular complexity index is 835. The monoisotopic (exact) mass is 719 g/mol. The molecular formula is C45H82O6. The Kier molecular flexibility index (Phi) is 39.0. The summed E-state index contributed by atoms with van der Waals surface area (Å²) in [5.74, 6) is -0.904. The normalized spacial score (nSPS) is 12.1. The maximum Gasteiger partial charge on any atom is 0.306 e. The molecule has 0 aromatic heterocycles. The summed E-state index contributed by atoms with van der Waals surface area (Å²) >= 11 is 0. The molecule has 0 fully saturated rings. The van der Waals surface area contributed by atoms with Crippen molar-refractivity contribution in [3.8, 4) is 0 Å². The number of carbonyl (C=O) groups is 3. The molecule has 0 N–H and O–H groups in total. The molecule has 6 heteroatoms. The van der Waals surface area contributed by atoms with Gasteiger partial charge in [0.15, 0.2) is 6.10 Å². The van der Waals surface area contributed by atoms with Crippen LogP contribution in [0.25, 0.3) is 0 Å². The number of esters is 3. The molecule has 0 aliphatic rings. The minimum atomic E-state index is -0.773. The van der Waals surface area contributed by atoms with E-state index in [1.807, 2.05) is 0 Å². The van der Waals surface area contributed by atoms with Gasteiger partial charge in [0.05, 0.1) is 0 Å². The lowest BCUT2D eigenvalue weighted by atomic mass is 10.0. The van der Waals surface area contributed by atoms with E-state index in [-0.39, 0.29) is 31.1 Å². The quantitative estimate of drug-likeness (QED) is 0.0272. The van der Waals surface area contributed by atoms with Gasteiger partial charge in [0, 0.05) is 19.3 Å². The molecule has 1 atom stereocenters. The molecule has 0 bridgehead atoms. The number of rotatable bonds is 39. The second-order valence-electron chi connectivity index (χ2n) is 14.6. The number of carbonyl (C=O) groups excluding carboxylic acids is 3. The van der Waals surface area contributed by atoms with Crippen molar-refractivity contribution in [3.05, 3.63) is 24.3 Å². The molecule has 0 radical (unpaired) electrons. The van der Waals surface area contributed by atoms with Crippen LogP contribution in [0.5, 0.6) is 0 Å². The van der Waals surface area contributed by atoms with Crippen LogP contribution in [0, 0.1) is 0 Å². The Morgan fingerprint density at radius 3 is 1.04 bits per heavy atom. The molecule has 0 aromatic carbocycles. The van der Waals surface area contributed by atoms with E-state index < -0.39 is 6.10 Å². The van der Waals surface area contributed by atoms with Gasteiger partial charge in [-0.1, -0.05) is 173 Å². The molecular weight excluding hydrogens is 636 g/mol. The number of ether oxygens (including phenoxy) is 3. The maximum atomic E-state index is 12.6. The van der Waals surface area contributed by atoms with Crippen LogP contribution < -0.4 is 0 Å². The van der Waals surface area contributed by atoms with Crippen molar-refractivity contribution in [1.29, 1.82) is 0 Å². The van der Waals surface area contributed by atoms with E-state index >= 15 is 0 Å². The lowest BCUT2D eigenvalue weighted by Crippen LogP contribution is -2.30. The second kappa shape index (κ2) is 40.7. The van der Waals surface area contributed by atoms with E-state index in [2.05, 4.69) is 45.1 Å². The Morgan fingerprint density at radius 1 is 0.373 bits per heavy atom. The summed E-state index contributed by atoms with van der Waals surface area (Å²) in [4.78, 5) is 37.6. The maximum absolute atomic E-state index is 12.6. The average Bonchev–Trinajstić information content (AvgIpc) is 3.12. The van der Waals surface area contributed by atoms with Gasteiger partial charge in [-0.3, -0.25) is 14.4 Å². The average molecular weight is 719 g/mol. The Balaban J connectivity index is 4.36. The fraction of sp³-hybridized carbons (Fsp3) is 0.844. The fourth-order valence-electron chi connectivity index (χ4n) is 6.05. The fourth-order valence-corrected chi connectivity index (χ4v) is 6.05. The Labute approximate surface area is 315 Å². The highest BCUT2D eigenvalue weighted by atomic mass is 16.6. The third-order valence-electron chi connectivity index (χ3n) is 9.43. The lowest BCUT2D eigenvalue weighted by Gasteiger charge is -2.18. The van der Waals surface area contributed by atoms with E-state index in [9.17, 15) is 14.4 Å². The van der Waals surface area contributed by atoms with Gasteiger partial charge >= 0.3 is 17.9 Å². The Hall–Kier alpha value is -2.11. The van der Waals surface area contributed by atoms with Crippen LogP contribution in [-0.2, 0) is 28.6 Å². The molecule has 1 unspecified atom stereocenters. The van der Waals surface area contributed by atoms with Crippen LogP contribution in [0.15, 0.2) is 24.3 Å². The molecule has 0 aliphatic heterocycles. The van der Waals surface area contributed by atoms with Gasteiger partial charge in [-0.15, -0.1) is 0 Å². The van der Waals surface area contributed by atoms with Crippen molar-refractivity contribution >= 4 is 17.9 Å². The van der Waals surface area contributed by atoms with Crippen molar-refractivity contribution in [2.45, 2.75) is 232 Å². The lowest BCUT2D eigenvalue weighted by molar-refractivity contribution is -0.167. The van der Waals surface area contributed by atoms with E-state index in [1.54, 1.807) is 0 Å². The van der Waals surface area contributed by atoms with Crippen molar-refractivity contribution in [2.24, 2.45) is 0 Å². The molecule has 0 saturated carbocycles. The first-order valence-corrected chi connectivity index (χ1v) is 21.8. The first-order valence-electron chi connectivity index (χ1n) is 21.8. The molecule has 0 aliphatic carbocycles. The van der Waals surface area contributed by atoms with Gasteiger partial charge in [0.25, 0.3) is 0 Å². The summed E-state index contributed by atoms with van der Waals surface area (Å²) in [6.07, 6.45) is 43.0. The van der Waals surface area contributed by atoms with E-state index in [0.717, 1.165) is 96.3 Å². The van der Waals surface area contributed by atoms with E-state index in [4.69, 9.17) is 14.2 Å². The van der Waals surface area contributed by atoms with Crippen molar-refractivity contribution < 1.29 is 28.6 Å². The topological polar surface area (TPSA) is 78.9 Å². The van der Waals surface area contributed by atoms with Crippen LogP contribution in [0.4, 0.5) is 0 Å². The minimum absolute atomic E-state index is 0.0769. The van der Waals surface area contributed by atoms with Gasteiger partial charge < -0.3 is 14.2 Å². The van der Waals surface area contributed by atoms with Gasteiger partial charge in [0.1, 0.15) is 13.2 Å². The number of unbranched alkanes of at least 4 members (excludes halogenated alkanes) is 24. The highest BCUT2D eigenvalue weighted by Crippen LogP contribution is 2.14. The summed E-state index contributed by atoms with van der Waals surface area (Å²) < 4.78 is 16.6. The molecule has 51 heavy (non-hydrogen) atoms. The number of allylic oxidation sites excluding steroid dienone is 4. The molecule has 0 amide bonds. The predicted octanol–water partition coefficient (Wildman–Crippen LogP) is 13.6. The largest absolute Gasteiger partial charge is 0.462 e. The van der Waals surface area contributed by atoms with Crippen LogP contribution >= 0.6 is 0 Å². The summed E-state index contributed by atoms with van der Waals surface area (Å²) in [6, 6.07) is 0. The van der Waals surface area contributed by atoms with E-state index in [0.29, 0.717) is 19.3 Å². The second-order valence-corrected chi connectivity index (χ2v) is 14.6. The standard InChI is InChI=1S/C45H82O6/c1-4-7-10-13-16-19-22-23-24-27-29-32-35-38-44(47)50-41-42(51-45(48)39-36-33-30-26-21-18-15-12-9-6-3)40-49-43(46)37-34-31-28-25-20-17-14-11-8-5-2/h14-15,17-18,42H,4-13,16,19-41H2,1-3H3/b17-14-,18-15-. The molecule has 0 spiro atoms. The third-order valence-corrected chi connectivity index (χ3v) is 9.43. The summed E-state index contributed by atoms with van der Waals surface area (Å²) in [7, 11) is 0. The van der Waals surface area contributed by atoms with Crippen LogP contribution in [0.1, 0.15) is 226 Å². The summed E-state index contributed by atoms with van der Waals surface area (Å²) in [6.45, 7) is 6.52. The van der Waals surface area contributed by atoms with Crippen molar-refractivity contribution in [2.75, 3.05) is 13.2 Å². The molecule has 0 heterocycles. The molecule has 0 saturated heterocycles. The Morgan fingerprint density at radius 2 is 0.667 bits per heavy atom. The van der Waals surface area contributed by atoms with Gasteiger partial charge in [-0.2, -0.15) is 0 Å². The number of hydrogen-bond acceptors (Lipinski definition) is 6. The first-order chi connectivity index (χ1) is 25.0. The molecule has 0 rings (SSSR count). The zero-order valence-electron chi connectivity index (χ0n) is 33.9. The minimum Gasteiger partial charge on any atom is -0.462 e. The zero-order chi connectivity index (χ0) is 37.3. The van der Waals surface area contributed by atoms with Gasteiger partial charge in [-0.25, -0.2) is 0 Å². The smallest absolute Gasteiger partial charge is 0.306 e. The van der Waals surface area contributed by atoms with Crippen LogP contribution in [-0.4, -0.2) is 37.2 Å². The SMILES string of the molecule is CCCC/C=C\CCCCCCC(=O)OCC(COC(=O)CCCCCCCCCCCCCCC)OC(=O)CCCCCC/C=C\CCCC. The van der Waals surface area contributed by atoms with Crippen LogP contribution in [0.3, 0.4) is 0 Å². The number of hydrogen-bond donors (Lipinski definition) is 0.